The molecule has 1 heterocycles. The molecule has 0 aromatic carbocycles. The first-order chi connectivity index (χ1) is 7.79. The minimum absolute atomic E-state index is 0.454. The van der Waals surface area contributed by atoms with Crippen LogP contribution in [-0.4, -0.2) is 25.0 Å². The SMILES string of the molecule is CN1CCC(C2C=CC=C(NF)C=C2)CC1. The average Bonchev–Trinajstić information content (AvgIpc) is 2.55. The van der Waals surface area contributed by atoms with E-state index in [1.54, 1.807) is 11.6 Å². The Balaban J connectivity index is 1.97. The van der Waals surface area contributed by atoms with Crippen molar-refractivity contribution in [3.8, 4) is 0 Å². The van der Waals surface area contributed by atoms with Gasteiger partial charge in [0.05, 0.1) is 5.70 Å². The number of nitrogens with zero attached hydrogens (tertiary/aromatic N) is 1. The van der Waals surface area contributed by atoms with E-state index in [-0.39, 0.29) is 0 Å². The molecule has 0 amide bonds. The van der Waals surface area contributed by atoms with Crippen molar-refractivity contribution in [2.75, 3.05) is 20.1 Å². The highest BCUT2D eigenvalue weighted by Crippen LogP contribution is 2.27. The predicted molar refractivity (Wildman–Crippen MR) is 64.3 cm³/mol. The summed E-state index contributed by atoms with van der Waals surface area (Å²) in [6, 6.07) is 0. The third-order valence-electron chi connectivity index (χ3n) is 3.52. The van der Waals surface area contributed by atoms with Gasteiger partial charge in [0, 0.05) is 0 Å². The number of allylic oxidation sites excluding steroid dienone is 5. The molecule has 1 fully saturated rings. The van der Waals surface area contributed by atoms with Crippen molar-refractivity contribution < 1.29 is 4.48 Å². The highest BCUT2D eigenvalue weighted by molar-refractivity contribution is 5.27. The number of halogens is 1. The fraction of sp³-hybridized carbons (Fsp3) is 0.538. The summed E-state index contributed by atoms with van der Waals surface area (Å²) in [5, 5.41) is 0. The monoisotopic (exact) mass is 222 g/mol. The Morgan fingerprint density at radius 1 is 1.31 bits per heavy atom. The van der Waals surface area contributed by atoms with E-state index in [1.807, 2.05) is 12.2 Å². The summed E-state index contributed by atoms with van der Waals surface area (Å²) in [4.78, 5) is 2.37. The summed E-state index contributed by atoms with van der Waals surface area (Å²) in [7, 11) is 2.17. The first kappa shape index (κ1) is 11.4. The quantitative estimate of drug-likeness (QED) is 0.722. The number of hydrogen-bond acceptors (Lipinski definition) is 2. The number of hydrogen-bond donors (Lipinski definition) is 1. The second-order valence-electron chi connectivity index (χ2n) is 4.68. The lowest BCUT2D eigenvalue weighted by atomic mass is 9.84. The van der Waals surface area contributed by atoms with Crippen molar-refractivity contribution in [1.82, 2.24) is 10.4 Å². The van der Waals surface area contributed by atoms with Crippen molar-refractivity contribution in [3.05, 3.63) is 36.1 Å². The zero-order chi connectivity index (χ0) is 11.4. The molecule has 0 radical (unpaired) electrons. The molecule has 1 aliphatic carbocycles. The van der Waals surface area contributed by atoms with E-state index in [0.29, 0.717) is 17.5 Å². The van der Waals surface area contributed by atoms with Gasteiger partial charge in [-0.3, -0.25) is 0 Å². The van der Waals surface area contributed by atoms with Gasteiger partial charge in [-0.05, 0) is 57.0 Å². The number of piperidine rings is 1. The Morgan fingerprint density at radius 2 is 2.06 bits per heavy atom. The Bertz CT molecular complexity index is 312. The first-order valence-electron chi connectivity index (χ1n) is 5.91. The number of likely N-dealkylation sites (tertiary alicyclic amines) is 1. The summed E-state index contributed by atoms with van der Waals surface area (Å²) < 4.78 is 12.3. The average molecular weight is 222 g/mol. The van der Waals surface area contributed by atoms with Crippen LogP contribution < -0.4 is 5.54 Å². The van der Waals surface area contributed by atoms with Gasteiger partial charge in [-0.1, -0.05) is 18.2 Å². The van der Waals surface area contributed by atoms with E-state index in [0.717, 1.165) is 0 Å². The minimum atomic E-state index is 0.454. The van der Waals surface area contributed by atoms with Crippen LogP contribution in [0, 0.1) is 11.8 Å². The second-order valence-corrected chi connectivity index (χ2v) is 4.68. The van der Waals surface area contributed by atoms with Gasteiger partial charge >= 0.3 is 0 Å². The molecule has 1 atom stereocenters. The summed E-state index contributed by atoms with van der Waals surface area (Å²) in [6.07, 6.45) is 12.3. The highest BCUT2D eigenvalue weighted by atomic mass is 19.2. The van der Waals surface area contributed by atoms with Crippen molar-refractivity contribution in [2.45, 2.75) is 12.8 Å². The van der Waals surface area contributed by atoms with Crippen LogP contribution in [0.15, 0.2) is 36.1 Å². The maximum Gasteiger partial charge on any atom is 0.0652 e. The van der Waals surface area contributed by atoms with Crippen LogP contribution in [0.1, 0.15) is 12.8 Å². The Labute approximate surface area is 96.4 Å². The lowest BCUT2D eigenvalue weighted by Gasteiger charge is -2.31. The molecule has 2 nitrogen and oxygen atoms in total. The maximum atomic E-state index is 12.3. The third-order valence-corrected chi connectivity index (χ3v) is 3.52. The largest absolute Gasteiger partial charge is 0.306 e. The Hall–Kier alpha value is -1.09. The molecule has 0 aromatic rings. The number of rotatable bonds is 2. The molecule has 2 rings (SSSR count). The molecule has 1 N–H and O–H groups in total. The molecule has 0 spiro atoms. The lowest BCUT2D eigenvalue weighted by molar-refractivity contribution is 0.202. The molecule has 16 heavy (non-hydrogen) atoms. The normalized spacial score (nSPS) is 27.6. The zero-order valence-corrected chi connectivity index (χ0v) is 9.70. The molecule has 1 saturated heterocycles. The van der Waals surface area contributed by atoms with E-state index in [9.17, 15) is 4.48 Å². The standard InChI is InChI=1S/C13H19FN2/c1-16-9-7-12(8-10-16)11-3-2-4-13(15-14)6-5-11/h2-6,11-12,15H,7-10H2,1H3. The van der Waals surface area contributed by atoms with Crippen LogP contribution in [0.2, 0.25) is 0 Å². The van der Waals surface area contributed by atoms with Gasteiger partial charge in [-0.2, -0.15) is 0 Å². The first-order valence-corrected chi connectivity index (χ1v) is 5.91. The fourth-order valence-electron chi connectivity index (χ4n) is 2.41. The molecular formula is C13H19FN2. The third kappa shape index (κ3) is 2.73. The zero-order valence-electron chi connectivity index (χ0n) is 9.70. The van der Waals surface area contributed by atoms with Crippen molar-refractivity contribution in [1.29, 1.82) is 0 Å². The molecule has 3 heteroatoms. The van der Waals surface area contributed by atoms with Crippen LogP contribution in [-0.2, 0) is 0 Å². The van der Waals surface area contributed by atoms with Crippen LogP contribution in [0.25, 0.3) is 0 Å². The minimum Gasteiger partial charge on any atom is -0.306 e. The van der Waals surface area contributed by atoms with E-state index < -0.39 is 0 Å². The molecular weight excluding hydrogens is 203 g/mol. The van der Waals surface area contributed by atoms with Gasteiger partial charge in [0.1, 0.15) is 0 Å². The summed E-state index contributed by atoms with van der Waals surface area (Å²) >= 11 is 0. The second kappa shape index (κ2) is 5.30. The molecule has 1 unspecified atom stereocenters. The van der Waals surface area contributed by atoms with E-state index in [1.165, 1.54) is 25.9 Å². The van der Waals surface area contributed by atoms with Crippen LogP contribution in [0.3, 0.4) is 0 Å². The number of nitrogens with one attached hydrogen (secondary N) is 1. The van der Waals surface area contributed by atoms with Gasteiger partial charge in [0.2, 0.25) is 0 Å². The van der Waals surface area contributed by atoms with Crippen LogP contribution in [0.5, 0.6) is 0 Å². The van der Waals surface area contributed by atoms with Crippen LogP contribution >= 0.6 is 0 Å². The van der Waals surface area contributed by atoms with Gasteiger partial charge in [0.15, 0.2) is 0 Å². The maximum absolute atomic E-state index is 12.3. The van der Waals surface area contributed by atoms with Crippen molar-refractivity contribution in [3.63, 3.8) is 0 Å². The van der Waals surface area contributed by atoms with E-state index in [4.69, 9.17) is 0 Å². The van der Waals surface area contributed by atoms with E-state index in [2.05, 4.69) is 24.1 Å². The van der Waals surface area contributed by atoms with Crippen molar-refractivity contribution in [2.24, 2.45) is 11.8 Å². The molecule has 0 aromatic heterocycles. The lowest BCUT2D eigenvalue weighted by Crippen LogP contribution is -2.32. The molecule has 2 aliphatic rings. The van der Waals surface area contributed by atoms with Crippen LogP contribution in [0.4, 0.5) is 4.48 Å². The fourth-order valence-corrected chi connectivity index (χ4v) is 2.41. The summed E-state index contributed by atoms with van der Waals surface area (Å²) in [5.41, 5.74) is 2.22. The Morgan fingerprint density at radius 3 is 2.75 bits per heavy atom. The van der Waals surface area contributed by atoms with Gasteiger partial charge in [-0.25, -0.2) is 5.54 Å². The predicted octanol–water partition coefficient (Wildman–Crippen LogP) is 2.43. The van der Waals surface area contributed by atoms with Crippen molar-refractivity contribution >= 4 is 0 Å². The van der Waals surface area contributed by atoms with Gasteiger partial charge in [-0.15, -0.1) is 4.48 Å². The molecule has 1 aliphatic heterocycles. The summed E-state index contributed by atoms with van der Waals surface area (Å²) in [5.74, 6) is 1.16. The van der Waals surface area contributed by atoms with E-state index >= 15 is 0 Å². The molecule has 88 valence electrons. The van der Waals surface area contributed by atoms with Gasteiger partial charge in [0.25, 0.3) is 0 Å². The molecule has 0 saturated carbocycles. The topological polar surface area (TPSA) is 15.3 Å². The molecule has 0 bridgehead atoms. The van der Waals surface area contributed by atoms with Gasteiger partial charge < -0.3 is 4.90 Å². The highest BCUT2D eigenvalue weighted by Gasteiger charge is 2.22. The smallest absolute Gasteiger partial charge is 0.0652 e. The summed E-state index contributed by atoms with van der Waals surface area (Å²) in [6.45, 7) is 2.34. The Kier molecular flexibility index (Phi) is 3.78.